The van der Waals surface area contributed by atoms with Gasteiger partial charge < -0.3 is 5.11 Å². The lowest BCUT2D eigenvalue weighted by molar-refractivity contribution is 0.129. The smallest absolute Gasteiger partial charge is 0.0959 e. The molecule has 1 aromatic carbocycles. The molecule has 0 spiro atoms. The van der Waals surface area contributed by atoms with Crippen LogP contribution in [0.15, 0.2) is 22.7 Å². The van der Waals surface area contributed by atoms with E-state index in [1.165, 1.54) is 0 Å². The van der Waals surface area contributed by atoms with Crippen molar-refractivity contribution in [1.29, 1.82) is 5.26 Å². The van der Waals surface area contributed by atoms with Gasteiger partial charge in [-0.15, -0.1) is 0 Å². The van der Waals surface area contributed by atoms with Crippen LogP contribution in [0, 0.1) is 17.2 Å². The summed E-state index contributed by atoms with van der Waals surface area (Å²) in [6.45, 7) is 1.99. The van der Waals surface area contributed by atoms with Crippen molar-refractivity contribution < 1.29 is 5.11 Å². The third-order valence-electron chi connectivity index (χ3n) is 2.43. The van der Waals surface area contributed by atoms with E-state index in [1.54, 1.807) is 18.2 Å². The zero-order chi connectivity index (χ0) is 12.1. The van der Waals surface area contributed by atoms with E-state index in [4.69, 9.17) is 16.9 Å². The molecule has 86 valence electrons. The molecule has 2 atom stereocenters. The molecule has 0 aliphatic carbocycles. The summed E-state index contributed by atoms with van der Waals surface area (Å²) in [5, 5.41) is 19.7. The van der Waals surface area contributed by atoms with Gasteiger partial charge in [-0.25, -0.2) is 0 Å². The third-order valence-corrected chi connectivity index (χ3v) is 3.35. The molecule has 0 bridgehead atoms. The average Bonchev–Trinajstić information content (AvgIpc) is 2.25. The Morgan fingerprint density at radius 2 is 2.25 bits per heavy atom. The minimum atomic E-state index is -0.767. The van der Waals surface area contributed by atoms with Crippen LogP contribution in [0.5, 0.6) is 0 Å². The van der Waals surface area contributed by atoms with Crippen molar-refractivity contribution in [2.24, 2.45) is 5.92 Å². The van der Waals surface area contributed by atoms with Crippen molar-refractivity contribution in [2.45, 2.75) is 25.9 Å². The van der Waals surface area contributed by atoms with E-state index in [9.17, 15) is 5.11 Å². The van der Waals surface area contributed by atoms with Crippen LogP contribution in [0.25, 0.3) is 0 Å². The molecule has 0 aromatic heterocycles. The molecule has 0 saturated carbocycles. The van der Waals surface area contributed by atoms with Crippen molar-refractivity contribution in [2.75, 3.05) is 0 Å². The Hall–Kier alpha value is -0.560. The first kappa shape index (κ1) is 13.5. The highest BCUT2D eigenvalue weighted by Crippen LogP contribution is 2.32. The first-order chi connectivity index (χ1) is 7.60. The second-order valence-electron chi connectivity index (χ2n) is 3.63. The number of nitrogens with zero attached hydrogens (tertiary/aromatic N) is 1. The zero-order valence-corrected chi connectivity index (χ0v) is 11.3. The third kappa shape index (κ3) is 3.21. The Morgan fingerprint density at radius 3 is 2.75 bits per heavy atom. The monoisotopic (exact) mass is 301 g/mol. The summed E-state index contributed by atoms with van der Waals surface area (Å²) in [5.41, 5.74) is 0.712. The number of hydrogen-bond donors (Lipinski definition) is 1. The standard InChI is InChI=1S/C12H13BrClNO/c1-2-3-8(7-15)12(16)10-5-4-9(14)6-11(10)13/h4-6,8,12,16H,2-3H2,1H3. The van der Waals surface area contributed by atoms with Crippen LogP contribution in [0.1, 0.15) is 31.4 Å². The Kier molecular flexibility index (Phi) is 5.27. The molecule has 2 unspecified atom stereocenters. The average molecular weight is 303 g/mol. The van der Waals surface area contributed by atoms with Crippen molar-refractivity contribution in [1.82, 2.24) is 0 Å². The van der Waals surface area contributed by atoms with Crippen LogP contribution in [-0.4, -0.2) is 5.11 Å². The summed E-state index contributed by atoms with van der Waals surface area (Å²) in [6, 6.07) is 7.32. The first-order valence-corrected chi connectivity index (χ1v) is 6.29. The van der Waals surface area contributed by atoms with Gasteiger partial charge in [-0.05, 0) is 24.1 Å². The van der Waals surface area contributed by atoms with Crippen LogP contribution >= 0.6 is 27.5 Å². The largest absolute Gasteiger partial charge is 0.387 e. The van der Waals surface area contributed by atoms with Crippen molar-refractivity contribution in [3.63, 3.8) is 0 Å². The van der Waals surface area contributed by atoms with Gasteiger partial charge in [0.25, 0.3) is 0 Å². The molecule has 0 fully saturated rings. The van der Waals surface area contributed by atoms with Gasteiger partial charge >= 0.3 is 0 Å². The maximum Gasteiger partial charge on any atom is 0.0959 e. The quantitative estimate of drug-likeness (QED) is 0.911. The molecule has 0 heterocycles. The molecule has 1 rings (SSSR count). The van der Waals surface area contributed by atoms with Gasteiger partial charge in [-0.2, -0.15) is 5.26 Å². The Balaban J connectivity index is 2.95. The topological polar surface area (TPSA) is 44.0 Å². The number of halogens is 2. The molecule has 1 N–H and O–H groups in total. The molecule has 16 heavy (non-hydrogen) atoms. The summed E-state index contributed by atoms with van der Waals surface area (Å²) in [7, 11) is 0. The van der Waals surface area contributed by atoms with Crippen LogP contribution in [0.3, 0.4) is 0 Å². The number of aliphatic hydroxyl groups excluding tert-OH is 1. The highest BCUT2D eigenvalue weighted by molar-refractivity contribution is 9.10. The van der Waals surface area contributed by atoms with Gasteiger partial charge in [0, 0.05) is 9.50 Å². The van der Waals surface area contributed by atoms with Crippen LogP contribution in [0.4, 0.5) is 0 Å². The lowest BCUT2D eigenvalue weighted by Gasteiger charge is -2.17. The number of rotatable bonds is 4. The molecular formula is C12H13BrClNO. The minimum absolute atomic E-state index is 0.373. The fourth-order valence-corrected chi connectivity index (χ4v) is 2.48. The fraction of sp³-hybridized carbons (Fsp3) is 0.417. The molecular weight excluding hydrogens is 289 g/mol. The molecule has 0 aliphatic heterocycles. The van der Waals surface area contributed by atoms with Crippen molar-refractivity contribution >= 4 is 27.5 Å². The van der Waals surface area contributed by atoms with Gasteiger partial charge in [-0.1, -0.05) is 46.9 Å². The van der Waals surface area contributed by atoms with Crippen LogP contribution in [0.2, 0.25) is 5.02 Å². The number of hydrogen-bond acceptors (Lipinski definition) is 2. The van der Waals surface area contributed by atoms with Gasteiger partial charge in [0.2, 0.25) is 0 Å². The van der Waals surface area contributed by atoms with Gasteiger partial charge in [0.15, 0.2) is 0 Å². The second kappa shape index (κ2) is 6.24. The summed E-state index contributed by atoms with van der Waals surface area (Å²) in [4.78, 5) is 0. The zero-order valence-electron chi connectivity index (χ0n) is 8.95. The molecule has 0 saturated heterocycles. The summed E-state index contributed by atoms with van der Waals surface area (Å²) >= 11 is 9.16. The lowest BCUT2D eigenvalue weighted by Crippen LogP contribution is -2.11. The van der Waals surface area contributed by atoms with E-state index in [0.29, 0.717) is 17.0 Å². The maximum absolute atomic E-state index is 10.1. The molecule has 0 radical (unpaired) electrons. The van der Waals surface area contributed by atoms with Crippen molar-refractivity contribution in [3.05, 3.63) is 33.3 Å². The Bertz CT molecular complexity index is 402. The van der Waals surface area contributed by atoms with E-state index in [-0.39, 0.29) is 5.92 Å². The van der Waals surface area contributed by atoms with Crippen molar-refractivity contribution in [3.8, 4) is 6.07 Å². The maximum atomic E-state index is 10.1. The summed E-state index contributed by atoms with van der Waals surface area (Å²) in [5.74, 6) is -0.373. The summed E-state index contributed by atoms with van der Waals surface area (Å²) in [6.07, 6.45) is 0.796. The molecule has 0 amide bonds. The molecule has 4 heteroatoms. The van der Waals surface area contributed by atoms with Crippen LogP contribution < -0.4 is 0 Å². The first-order valence-electron chi connectivity index (χ1n) is 5.12. The van der Waals surface area contributed by atoms with E-state index in [0.717, 1.165) is 10.9 Å². The summed E-state index contributed by atoms with van der Waals surface area (Å²) < 4.78 is 0.740. The van der Waals surface area contributed by atoms with E-state index in [1.807, 2.05) is 6.92 Å². The second-order valence-corrected chi connectivity index (χ2v) is 4.93. The highest BCUT2D eigenvalue weighted by atomic mass is 79.9. The number of benzene rings is 1. The van der Waals surface area contributed by atoms with Gasteiger partial charge in [-0.3, -0.25) is 0 Å². The highest BCUT2D eigenvalue weighted by Gasteiger charge is 2.21. The Morgan fingerprint density at radius 1 is 1.56 bits per heavy atom. The molecule has 2 nitrogen and oxygen atoms in total. The van der Waals surface area contributed by atoms with Gasteiger partial charge in [0.05, 0.1) is 18.1 Å². The SMILES string of the molecule is CCCC(C#N)C(O)c1ccc(Cl)cc1Br. The number of aliphatic hydroxyl groups is 1. The Labute approximate surface area is 109 Å². The normalized spacial score (nSPS) is 14.2. The predicted octanol–water partition coefficient (Wildman–Crippen LogP) is 4.08. The fourth-order valence-electron chi connectivity index (χ4n) is 1.56. The molecule has 1 aromatic rings. The lowest BCUT2D eigenvalue weighted by atomic mass is 9.93. The molecule has 0 aliphatic rings. The predicted molar refractivity (Wildman–Crippen MR) is 68.1 cm³/mol. The minimum Gasteiger partial charge on any atom is -0.387 e. The number of nitriles is 1. The van der Waals surface area contributed by atoms with E-state index < -0.39 is 6.10 Å². The van der Waals surface area contributed by atoms with Gasteiger partial charge in [0.1, 0.15) is 0 Å². The van der Waals surface area contributed by atoms with E-state index >= 15 is 0 Å². The van der Waals surface area contributed by atoms with E-state index in [2.05, 4.69) is 22.0 Å². The van der Waals surface area contributed by atoms with Crippen LogP contribution in [-0.2, 0) is 0 Å².